The van der Waals surface area contributed by atoms with Gasteiger partial charge in [0.25, 0.3) is 0 Å². The molecule has 8 heteroatoms. The first kappa shape index (κ1) is 16.7. The molecule has 2 atom stereocenters. The number of nitrogens with zero attached hydrogens (tertiary/aromatic N) is 7. The van der Waals surface area contributed by atoms with E-state index in [1.165, 1.54) is 12.8 Å². The van der Waals surface area contributed by atoms with Gasteiger partial charge in [-0.3, -0.25) is 9.80 Å². The van der Waals surface area contributed by atoms with Gasteiger partial charge in [0.05, 0.1) is 12.6 Å². The Balaban J connectivity index is 1.36. The van der Waals surface area contributed by atoms with Gasteiger partial charge in [-0.1, -0.05) is 0 Å². The Bertz CT molecular complexity index is 735. The van der Waals surface area contributed by atoms with Crippen LogP contribution < -0.4 is 0 Å². The first-order valence-electron chi connectivity index (χ1n) is 9.15. The van der Waals surface area contributed by atoms with Crippen LogP contribution in [0.3, 0.4) is 0 Å². The van der Waals surface area contributed by atoms with Gasteiger partial charge in [0, 0.05) is 39.0 Å². The molecule has 0 aromatic carbocycles. The minimum absolute atomic E-state index is 0.163. The number of hydrogen-bond donors (Lipinski definition) is 0. The third kappa shape index (κ3) is 3.32. The smallest absolute Gasteiger partial charge is 0.233 e. The fraction of sp³-hybridized carbons (Fsp3) is 0.765. The van der Waals surface area contributed by atoms with Crippen LogP contribution in [0.1, 0.15) is 61.6 Å². The van der Waals surface area contributed by atoms with E-state index < -0.39 is 0 Å². The summed E-state index contributed by atoms with van der Waals surface area (Å²) in [7, 11) is 4.28. The molecule has 25 heavy (non-hydrogen) atoms. The molecular weight excluding hydrogens is 318 g/mol. The van der Waals surface area contributed by atoms with Crippen molar-refractivity contribution >= 4 is 0 Å². The van der Waals surface area contributed by atoms with Crippen molar-refractivity contribution in [1.29, 1.82) is 0 Å². The summed E-state index contributed by atoms with van der Waals surface area (Å²) in [5, 5.41) is 16.9. The number of aryl methyl sites for hydroxylation is 1. The summed E-state index contributed by atoms with van der Waals surface area (Å²) in [6.07, 6.45) is 3.65. The van der Waals surface area contributed by atoms with Gasteiger partial charge in [-0.2, -0.15) is 0 Å². The highest BCUT2D eigenvalue weighted by molar-refractivity contribution is 5.08. The summed E-state index contributed by atoms with van der Waals surface area (Å²) in [4.78, 5) is 4.81. The summed E-state index contributed by atoms with van der Waals surface area (Å²) in [5.41, 5.74) is 0. The van der Waals surface area contributed by atoms with Crippen LogP contribution in [0.25, 0.3) is 0 Å². The monoisotopic (exact) mass is 345 g/mol. The van der Waals surface area contributed by atoms with E-state index in [1.54, 1.807) is 0 Å². The average Bonchev–Trinajstić information content (AvgIpc) is 2.99. The van der Waals surface area contributed by atoms with Gasteiger partial charge in [-0.25, -0.2) is 0 Å². The third-order valence-corrected chi connectivity index (χ3v) is 5.60. The van der Waals surface area contributed by atoms with Crippen molar-refractivity contribution in [1.82, 2.24) is 34.8 Å². The van der Waals surface area contributed by atoms with Crippen LogP contribution in [0.2, 0.25) is 0 Å². The molecule has 8 nitrogen and oxygen atoms in total. The highest BCUT2D eigenvalue weighted by Gasteiger charge is 2.33. The lowest BCUT2D eigenvalue weighted by atomic mass is 10.2. The summed E-state index contributed by atoms with van der Waals surface area (Å²) in [6.45, 7) is 6.86. The van der Waals surface area contributed by atoms with Crippen LogP contribution in [0, 0.1) is 6.92 Å². The predicted octanol–water partition coefficient (Wildman–Crippen LogP) is 1.65. The van der Waals surface area contributed by atoms with Gasteiger partial charge in [0.15, 0.2) is 0 Å². The van der Waals surface area contributed by atoms with Crippen LogP contribution in [0.5, 0.6) is 0 Å². The zero-order chi connectivity index (χ0) is 17.6. The summed E-state index contributed by atoms with van der Waals surface area (Å²) in [6, 6.07) is 0.670. The van der Waals surface area contributed by atoms with Crippen molar-refractivity contribution in [3.05, 3.63) is 23.4 Å². The minimum atomic E-state index is 0.163. The van der Waals surface area contributed by atoms with Crippen LogP contribution in [-0.2, 0) is 13.6 Å². The molecule has 1 aliphatic carbocycles. The molecule has 2 aromatic rings. The lowest BCUT2D eigenvalue weighted by Crippen LogP contribution is -2.35. The van der Waals surface area contributed by atoms with E-state index in [2.05, 4.69) is 55.8 Å². The highest BCUT2D eigenvalue weighted by atomic mass is 16.4. The van der Waals surface area contributed by atoms with Gasteiger partial charge in [0.2, 0.25) is 11.8 Å². The van der Waals surface area contributed by atoms with E-state index in [9.17, 15) is 0 Å². The van der Waals surface area contributed by atoms with E-state index in [-0.39, 0.29) is 6.04 Å². The number of likely N-dealkylation sites (tertiary alicyclic amines) is 1. The molecule has 0 N–H and O–H groups in total. The summed E-state index contributed by atoms with van der Waals surface area (Å²) in [5.74, 6) is 4.18. The summed E-state index contributed by atoms with van der Waals surface area (Å²) >= 11 is 0. The quantitative estimate of drug-likeness (QED) is 0.788. The van der Waals surface area contributed by atoms with Gasteiger partial charge >= 0.3 is 0 Å². The van der Waals surface area contributed by atoms with E-state index in [4.69, 9.17) is 4.42 Å². The third-order valence-electron chi connectivity index (χ3n) is 5.60. The molecule has 0 spiro atoms. The molecule has 0 unspecified atom stereocenters. The van der Waals surface area contributed by atoms with E-state index in [1.807, 2.05) is 6.92 Å². The fourth-order valence-corrected chi connectivity index (χ4v) is 3.68. The molecule has 2 aromatic heterocycles. The molecule has 1 saturated carbocycles. The molecule has 1 aliphatic heterocycles. The van der Waals surface area contributed by atoms with Crippen LogP contribution in [-0.4, -0.2) is 60.9 Å². The van der Waals surface area contributed by atoms with Gasteiger partial charge in [0.1, 0.15) is 11.6 Å². The van der Waals surface area contributed by atoms with Crippen molar-refractivity contribution in [3.63, 3.8) is 0 Å². The molecule has 0 bridgehead atoms. The standard InChI is InChI=1S/C17H27N7O/c1-11(17-21-18-12(2)25-17)24-8-7-14(9-24)22(3)10-15-19-20-16(23(15)4)13-5-6-13/h11,13-14H,5-10H2,1-4H3/t11-,14+/m0/s1. The zero-order valence-electron chi connectivity index (χ0n) is 15.5. The van der Waals surface area contributed by atoms with E-state index in [0.29, 0.717) is 23.7 Å². The Morgan fingerprint density at radius 1 is 1.20 bits per heavy atom. The second-order valence-electron chi connectivity index (χ2n) is 7.50. The maximum atomic E-state index is 5.60. The van der Waals surface area contributed by atoms with Gasteiger partial charge in [-0.15, -0.1) is 20.4 Å². The van der Waals surface area contributed by atoms with Crippen molar-refractivity contribution in [3.8, 4) is 0 Å². The Morgan fingerprint density at radius 3 is 2.68 bits per heavy atom. The van der Waals surface area contributed by atoms with E-state index >= 15 is 0 Å². The van der Waals surface area contributed by atoms with Crippen LogP contribution >= 0.6 is 0 Å². The van der Waals surface area contributed by atoms with Gasteiger partial charge < -0.3 is 8.98 Å². The summed E-state index contributed by atoms with van der Waals surface area (Å²) < 4.78 is 7.78. The predicted molar refractivity (Wildman–Crippen MR) is 91.9 cm³/mol. The number of aromatic nitrogens is 5. The SMILES string of the molecule is Cc1nnc([C@H](C)N2CC[C@@H](N(C)Cc3nnc(C4CC4)n3C)C2)o1. The number of rotatable bonds is 6. The maximum Gasteiger partial charge on any atom is 0.233 e. The zero-order valence-corrected chi connectivity index (χ0v) is 15.5. The minimum Gasteiger partial charge on any atom is -0.424 e. The molecule has 0 radical (unpaired) electrons. The molecule has 3 heterocycles. The second-order valence-corrected chi connectivity index (χ2v) is 7.50. The first-order chi connectivity index (χ1) is 12.0. The van der Waals surface area contributed by atoms with Crippen LogP contribution in [0.4, 0.5) is 0 Å². The first-order valence-corrected chi connectivity index (χ1v) is 9.15. The normalized spacial score (nSPS) is 22.8. The molecule has 2 fully saturated rings. The highest BCUT2D eigenvalue weighted by Crippen LogP contribution is 2.38. The van der Waals surface area contributed by atoms with Crippen molar-refractivity contribution in [2.24, 2.45) is 7.05 Å². The lowest BCUT2D eigenvalue weighted by molar-refractivity contribution is 0.183. The Morgan fingerprint density at radius 2 is 2.00 bits per heavy atom. The lowest BCUT2D eigenvalue weighted by Gasteiger charge is -2.25. The second kappa shape index (κ2) is 6.49. The average molecular weight is 345 g/mol. The van der Waals surface area contributed by atoms with Crippen molar-refractivity contribution in [2.45, 2.75) is 57.7 Å². The van der Waals surface area contributed by atoms with Crippen molar-refractivity contribution in [2.75, 3.05) is 20.1 Å². The number of hydrogen-bond acceptors (Lipinski definition) is 7. The van der Waals surface area contributed by atoms with Gasteiger partial charge in [-0.05, 0) is 33.2 Å². The van der Waals surface area contributed by atoms with E-state index in [0.717, 1.165) is 37.7 Å². The molecule has 1 saturated heterocycles. The molecular formula is C17H27N7O. The number of likely N-dealkylation sites (N-methyl/N-ethyl adjacent to an activating group) is 1. The Labute approximate surface area is 148 Å². The molecule has 4 rings (SSSR count). The van der Waals surface area contributed by atoms with Crippen LogP contribution in [0.15, 0.2) is 4.42 Å². The molecule has 136 valence electrons. The topological polar surface area (TPSA) is 76.1 Å². The molecule has 2 aliphatic rings. The molecule has 0 amide bonds. The maximum absolute atomic E-state index is 5.60. The largest absolute Gasteiger partial charge is 0.424 e. The fourth-order valence-electron chi connectivity index (χ4n) is 3.68. The van der Waals surface area contributed by atoms with Crippen molar-refractivity contribution < 1.29 is 4.42 Å². The Hall–Kier alpha value is -1.80. The Kier molecular flexibility index (Phi) is 4.33.